The van der Waals surface area contributed by atoms with Gasteiger partial charge in [-0.2, -0.15) is 0 Å². The summed E-state index contributed by atoms with van der Waals surface area (Å²) in [4.78, 5) is 11.3. The first kappa shape index (κ1) is 10.6. The van der Waals surface area contributed by atoms with Crippen LogP contribution in [0.1, 0.15) is 28.4 Å². The fourth-order valence-electron chi connectivity index (χ4n) is 1.70. The second-order valence-corrected chi connectivity index (χ2v) is 3.30. The third kappa shape index (κ3) is 1.58. The number of benzene rings is 1. The number of Topliss-reactive ketones (excluding diaryl/α,β-unsaturated/α-hetero) is 1. The maximum atomic E-state index is 11.3. The van der Waals surface area contributed by atoms with Gasteiger partial charge in [-0.05, 0) is 32.4 Å². The van der Waals surface area contributed by atoms with E-state index in [4.69, 9.17) is 4.74 Å². The zero-order valence-corrected chi connectivity index (χ0v) is 8.84. The van der Waals surface area contributed by atoms with Gasteiger partial charge in [0.1, 0.15) is 11.5 Å². The molecule has 0 bridgehead atoms. The highest BCUT2D eigenvalue weighted by atomic mass is 16.5. The quantitative estimate of drug-likeness (QED) is 0.734. The maximum absolute atomic E-state index is 11.3. The van der Waals surface area contributed by atoms with E-state index in [-0.39, 0.29) is 11.5 Å². The van der Waals surface area contributed by atoms with Crippen LogP contribution < -0.4 is 4.74 Å². The summed E-state index contributed by atoms with van der Waals surface area (Å²) in [5.41, 5.74) is 1.86. The number of ether oxygens (including phenoxy) is 1. The average molecular weight is 194 g/mol. The highest BCUT2D eigenvalue weighted by molar-refractivity contribution is 5.99. The molecule has 0 heterocycles. The minimum absolute atomic E-state index is 0.0216. The van der Waals surface area contributed by atoms with Crippen molar-refractivity contribution in [3.05, 3.63) is 22.8 Å². The summed E-state index contributed by atoms with van der Waals surface area (Å²) in [6, 6.07) is 1.54. The third-order valence-electron chi connectivity index (χ3n) is 2.24. The lowest BCUT2D eigenvalue weighted by molar-refractivity contribution is 0.101. The molecule has 0 spiro atoms. The van der Waals surface area contributed by atoms with Crippen LogP contribution in [0, 0.1) is 13.8 Å². The van der Waals surface area contributed by atoms with E-state index in [1.165, 1.54) is 6.92 Å². The van der Waals surface area contributed by atoms with Gasteiger partial charge in [0.25, 0.3) is 0 Å². The zero-order chi connectivity index (χ0) is 10.9. The molecule has 3 heteroatoms. The first-order valence-electron chi connectivity index (χ1n) is 4.37. The van der Waals surface area contributed by atoms with Gasteiger partial charge in [-0.1, -0.05) is 0 Å². The Morgan fingerprint density at radius 2 is 2.00 bits per heavy atom. The van der Waals surface area contributed by atoms with Crippen molar-refractivity contribution in [2.75, 3.05) is 7.11 Å². The lowest BCUT2D eigenvalue weighted by Crippen LogP contribution is -2.01. The van der Waals surface area contributed by atoms with Crippen LogP contribution in [0.3, 0.4) is 0 Å². The smallest absolute Gasteiger partial charge is 0.163 e. The lowest BCUT2D eigenvalue weighted by Gasteiger charge is -2.12. The van der Waals surface area contributed by atoms with E-state index in [1.54, 1.807) is 20.1 Å². The number of aryl methyl sites for hydroxylation is 1. The Bertz CT molecular complexity index is 381. The minimum Gasteiger partial charge on any atom is -0.507 e. The molecular formula is C11H14O3. The number of ketones is 1. The minimum atomic E-state index is -0.154. The first-order chi connectivity index (χ1) is 6.49. The second kappa shape index (κ2) is 3.70. The van der Waals surface area contributed by atoms with E-state index in [9.17, 15) is 9.90 Å². The molecule has 1 N–H and O–H groups in total. The lowest BCUT2D eigenvalue weighted by atomic mass is 10.00. The number of aromatic hydroxyl groups is 1. The molecular weight excluding hydrogens is 180 g/mol. The molecule has 1 aromatic carbocycles. The highest BCUT2D eigenvalue weighted by Gasteiger charge is 2.16. The van der Waals surface area contributed by atoms with Gasteiger partial charge in [0, 0.05) is 5.56 Å². The van der Waals surface area contributed by atoms with Crippen LogP contribution in [0.25, 0.3) is 0 Å². The van der Waals surface area contributed by atoms with Crippen molar-refractivity contribution >= 4 is 5.78 Å². The number of methoxy groups -OCH3 is 1. The van der Waals surface area contributed by atoms with Gasteiger partial charge in [-0.25, -0.2) is 0 Å². The summed E-state index contributed by atoms with van der Waals surface area (Å²) in [6.07, 6.45) is 0. The molecule has 0 fully saturated rings. The van der Waals surface area contributed by atoms with Crippen LogP contribution >= 0.6 is 0 Å². The molecule has 0 amide bonds. The topological polar surface area (TPSA) is 46.5 Å². The summed E-state index contributed by atoms with van der Waals surface area (Å²) in [5.74, 6) is 0.527. The molecule has 0 atom stereocenters. The van der Waals surface area contributed by atoms with Crippen LogP contribution in [-0.4, -0.2) is 18.0 Å². The summed E-state index contributed by atoms with van der Waals surface area (Å²) < 4.78 is 5.16. The molecule has 0 unspecified atom stereocenters. The van der Waals surface area contributed by atoms with Crippen molar-refractivity contribution in [3.8, 4) is 11.5 Å². The Morgan fingerprint density at radius 1 is 1.43 bits per heavy atom. The van der Waals surface area contributed by atoms with Crippen LogP contribution in [0.15, 0.2) is 6.07 Å². The first-order valence-corrected chi connectivity index (χ1v) is 4.37. The number of hydrogen-bond donors (Lipinski definition) is 1. The Balaban J connectivity index is 3.52. The molecule has 0 aromatic heterocycles. The fourth-order valence-corrected chi connectivity index (χ4v) is 1.70. The number of rotatable bonds is 2. The Morgan fingerprint density at radius 3 is 2.43 bits per heavy atom. The van der Waals surface area contributed by atoms with E-state index in [1.807, 2.05) is 6.92 Å². The second-order valence-electron chi connectivity index (χ2n) is 3.30. The molecule has 0 aliphatic carbocycles. The molecule has 76 valence electrons. The van der Waals surface area contributed by atoms with E-state index >= 15 is 0 Å². The van der Waals surface area contributed by atoms with E-state index < -0.39 is 0 Å². The maximum Gasteiger partial charge on any atom is 0.163 e. The SMILES string of the molecule is COc1c(C)cc(O)c(C(C)=O)c1C. The number of phenolic OH excluding ortho intramolecular Hbond substituents is 1. The van der Waals surface area contributed by atoms with Gasteiger partial charge in [-0.15, -0.1) is 0 Å². The highest BCUT2D eigenvalue weighted by Crippen LogP contribution is 2.32. The van der Waals surface area contributed by atoms with Crippen LogP contribution in [-0.2, 0) is 0 Å². The molecule has 0 aliphatic rings. The molecule has 1 aromatic rings. The van der Waals surface area contributed by atoms with Gasteiger partial charge < -0.3 is 9.84 Å². The van der Waals surface area contributed by atoms with E-state index in [2.05, 4.69) is 0 Å². The molecule has 3 nitrogen and oxygen atoms in total. The molecule has 0 saturated heterocycles. The predicted octanol–water partition coefficient (Wildman–Crippen LogP) is 2.22. The number of carbonyl (C=O) groups is 1. The van der Waals surface area contributed by atoms with Crippen LogP contribution in [0.2, 0.25) is 0 Å². The van der Waals surface area contributed by atoms with Gasteiger partial charge in [-0.3, -0.25) is 4.79 Å². The standard InChI is InChI=1S/C11H14O3/c1-6-5-9(13)10(8(3)12)7(2)11(6)14-4/h5,13H,1-4H3. The normalized spacial score (nSPS) is 10.0. The zero-order valence-electron chi connectivity index (χ0n) is 8.84. The van der Waals surface area contributed by atoms with Crippen molar-refractivity contribution in [3.63, 3.8) is 0 Å². The Hall–Kier alpha value is -1.51. The summed E-state index contributed by atoms with van der Waals surface area (Å²) in [5, 5.41) is 9.59. The third-order valence-corrected chi connectivity index (χ3v) is 2.24. The Kier molecular flexibility index (Phi) is 2.79. The average Bonchev–Trinajstić information content (AvgIpc) is 2.02. The van der Waals surface area contributed by atoms with Crippen molar-refractivity contribution in [1.82, 2.24) is 0 Å². The van der Waals surface area contributed by atoms with Crippen LogP contribution in [0.4, 0.5) is 0 Å². The van der Waals surface area contributed by atoms with Crippen molar-refractivity contribution < 1.29 is 14.6 Å². The molecule has 0 radical (unpaired) electrons. The fraction of sp³-hybridized carbons (Fsp3) is 0.364. The van der Waals surface area contributed by atoms with E-state index in [0.717, 1.165) is 5.56 Å². The largest absolute Gasteiger partial charge is 0.507 e. The summed E-state index contributed by atoms with van der Waals surface area (Å²) in [7, 11) is 1.55. The molecule has 0 saturated carbocycles. The predicted molar refractivity (Wildman–Crippen MR) is 54.1 cm³/mol. The van der Waals surface area contributed by atoms with Crippen molar-refractivity contribution in [1.29, 1.82) is 0 Å². The molecule has 14 heavy (non-hydrogen) atoms. The van der Waals surface area contributed by atoms with Gasteiger partial charge >= 0.3 is 0 Å². The monoisotopic (exact) mass is 194 g/mol. The van der Waals surface area contributed by atoms with E-state index in [0.29, 0.717) is 16.9 Å². The molecule has 1 rings (SSSR count). The Labute approximate surface area is 83.3 Å². The van der Waals surface area contributed by atoms with Crippen molar-refractivity contribution in [2.24, 2.45) is 0 Å². The number of hydrogen-bond acceptors (Lipinski definition) is 3. The van der Waals surface area contributed by atoms with Gasteiger partial charge in [0.15, 0.2) is 5.78 Å². The number of carbonyl (C=O) groups excluding carboxylic acids is 1. The summed E-state index contributed by atoms with van der Waals surface area (Å²) >= 11 is 0. The molecule has 0 aliphatic heterocycles. The van der Waals surface area contributed by atoms with Gasteiger partial charge in [0.05, 0.1) is 12.7 Å². The van der Waals surface area contributed by atoms with Gasteiger partial charge in [0.2, 0.25) is 0 Å². The van der Waals surface area contributed by atoms with Crippen molar-refractivity contribution in [2.45, 2.75) is 20.8 Å². The number of phenols is 1. The van der Waals surface area contributed by atoms with Crippen LogP contribution in [0.5, 0.6) is 11.5 Å². The summed E-state index contributed by atoms with van der Waals surface area (Å²) in [6.45, 7) is 5.02.